The van der Waals surface area contributed by atoms with Crippen LogP contribution in [0, 0.1) is 5.92 Å². The summed E-state index contributed by atoms with van der Waals surface area (Å²) in [6, 6.07) is 8.96. The Hall–Kier alpha value is -1.31. The molecule has 1 aromatic carbocycles. The topological polar surface area (TPSA) is 20.3 Å². The predicted molar refractivity (Wildman–Crippen MR) is 78.8 cm³/mol. The minimum absolute atomic E-state index is 0.153. The molecule has 0 bridgehead atoms. The van der Waals surface area contributed by atoms with Gasteiger partial charge in [0.1, 0.15) is 0 Å². The Morgan fingerprint density at radius 1 is 1.05 bits per heavy atom. The molecule has 1 aliphatic heterocycles. The first kappa shape index (κ1) is 12.7. The second-order valence-corrected chi connectivity index (χ2v) is 6.05. The van der Waals surface area contributed by atoms with E-state index in [0.717, 1.165) is 17.5 Å². The van der Waals surface area contributed by atoms with Crippen LogP contribution in [0.25, 0.3) is 0 Å². The zero-order chi connectivity index (χ0) is 13.2. The maximum absolute atomic E-state index is 11.3. The lowest BCUT2D eigenvalue weighted by Crippen LogP contribution is -2.46. The summed E-state index contributed by atoms with van der Waals surface area (Å²) < 4.78 is 0. The van der Waals surface area contributed by atoms with Crippen molar-refractivity contribution in [2.45, 2.75) is 51.5 Å². The summed E-state index contributed by atoms with van der Waals surface area (Å²) >= 11 is 0. The number of ketones is 1. The highest BCUT2D eigenvalue weighted by Gasteiger charge is 2.33. The van der Waals surface area contributed by atoms with Crippen LogP contribution in [0.5, 0.6) is 0 Å². The highest BCUT2D eigenvalue weighted by molar-refractivity contribution is 5.94. The third-order valence-electron chi connectivity index (χ3n) is 4.85. The van der Waals surface area contributed by atoms with Crippen LogP contribution in [0.15, 0.2) is 24.3 Å². The molecule has 1 saturated heterocycles. The maximum Gasteiger partial charge on any atom is 0.159 e. The molecule has 2 fully saturated rings. The van der Waals surface area contributed by atoms with Gasteiger partial charge in [0, 0.05) is 23.8 Å². The quantitative estimate of drug-likeness (QED) is 0.745. The van der Waals surface area contributed by atoms with E-state index in [1.807, 2.05) is 12.1 Å². The SMILES string of the molecule is CC(=O)c1ccc(N2CCCC3CCCCC32)cc1. The highest BCUT2D eigenvalue weighted by atomic mass is 16.1. The van der Waals surface area contributed by atoms with E-state index in [0.29, 0.717) is 0 Å². The molecule has 0 radical (unpaired) electrons. The van der Waals surface area contributed by atoms with E-state index in [1.165, 1.54) is 50.8 Å². The molecule has 1 aliphatic carbocycles. The van der Waals surface area contributed by atoms with Crippen molar-refractivity contribution in [3.05, 3.63) is 29.8 Å². The van der Waals surface area contributed by atoms with Crippen molar-refractivity contribution in [2.24, 2.45) is 5.92 Å². The average molecular weight is 257 g/mol. The molecule has 2 atom stereocenters. The summed E-state index contributed by atoms with van der Waals surface area (Å²) in [7, 11) is 0. The number of hydrogen-bond donors (Lipinski definition) is 0. The minimum atomic E-state index is 0.153. The Balaban J connectivity index is 1.81. The molecule has 1 aromatic rings. The number of carbonyl (C=O) groups is 1. The van der Waals surface area contributed by atoms with Crippen molar-refractivity contribution in [3.63, 3.8) is 0 Å². The van der Waals surface area contributed by atoms with Crippen molar-refractivity contribution in [2.75, 3.05) is 11.4 Å². The predicted octanol–water partition coefficient (Wildman–Crippen LogP) is 4.05. The fourth-order valence-corrected chi connectivity index (χ4v) is 3.83. The van der Waals surface area contributed by atoms with E-state index in [9.17, 15) is 4.79 Å². The van der Waals surface area contributed by atoms with Crippen molar-refractivity contribution in [1.82, 2.24) is 0 Å². The monoisotopic (exact) mass is 257 g/mol. The van der Waals surface area contributed by atoms with Crippen LogP contribution in [0.2, 0.25) is 0 Å². The van der Waals surface area contributed by atoms with E-state index in [-0.39, 0.29) is 5.78 Å². The summed E-state index contributed by atoms with van der Waals surface area (Å²) in [6.07, 6.45) is 8.27. The summed E-state index contributed by atoms with van der Waals surface area (Å²) in [5.74, 6) is 1.05. The lowest BCUT2D eigenvalue weighted by molar-refractivity contribution is 0.101. The van der Waals surface area contributed by atoms with Gasteiger partial charge in [0.15, 0.2) is 5.78 Å². The van der Waals surface area contributed by atoms with Crippen LogP contribution < -0.4 is 4.90 Å². The van der Waals surface area contributed by atoms with Crippen LogP contribution in [0.3, 0.4) is 0 Å². The normalized spacial score (nSPS) is 26.9. The first-order chi connectivity index (χ1) is 9.25. The van der Waals surface area contributed by atoms with Gasteiger partial charge in [-0.05, 0) is 62.8 Å². The molecule has 2 heteroatoms. The number of rotatable bonds is 2. The number of piperidine rings is 1. The van der Waals surface area contributed by atoms with Gasteiger partial charge < -0.3 is 4.90 Å². The minimum Gasteiger partial charge on any atom is -0.368 e. The molecule has 0 spiro atoms. The summed E-state index contributed by atoms with van der Waals surface area (Å²) in [5.41, 5.74) is 2.13. The van der Waals surface area contributed by atoms with Crippen LogP contribution in [-0.2, 0) is 0 Å². The molecule has 1 saturated carbocycles. The van der Waals surface area contributed by atoms with Crippen LogP contribution in [-0.4, -0.2) is 18.4 Å². The average Bonchev–Trinajstić information content (AvgIpc) is 2.47. The van der Waals surface area contributed by atoms with Crippen molar-refractivity contribution >= 4 is 11.5 Å². The maximum atomic E-state index is 11.3. The van der Waals surface area contributed by atoms with Gasteiger partial charge in [-0.3, -0.25) is 4.79 Å². The molecule has 2 aliphatic rings. The fraction of sp³-hybridized carbons (Fsp3) is 0.588. The zero-order valence-electron chi connectivity index (χ0n) is 11.8. The third-order valence-corrected chi connectivity index (χ3v) is 4.85. The number of carbonyl (C=O) groups excluding carboxylic acids is 1. The van der Waals surface area contributed by atoms with E-state index in [4.69, 9.17) is 0 Å². The molecule has 102 valence electrons. The van der Waals surface area contributed by atoms with E-state index < -0.39 is 0 Å². The number of nitrogens with zero attached hydrogens (tertiary/aromatic N) is 1. The molecule has 2 nitrogen and oxygen atoms in total. The van der Waals surface area contributed by atoms with Gasteiger partial charge in [-0.15, -0.1) is 0 Å². The molecule has 1 heterocycles. The number of fused-ring (bicyclic) bond motifs is 1. The van der Waals surface area contributed by atoms with Gasteiger partial charge in [0.2, 0.25) is 0 Å². The van der Waals surface area contributed by atoms with E-state index in [1.54, 1.807) is 6.92 Å². The lowest BCUT2D eigenvalue weighted by atomic mass is 9.78. The summed E-state index contributed by atoms with van der Waals surface area (Å²) in [5, 5.41) is 0. The molecule has 0 N–H and O–H groups in total. The summed E-state index contributed by atoms with van der Waals surface area (Å²) in [4.78, 5) is 13.9. The Kier molecular flexibility index (Phi) is 3.58. The van der Waals surface area contributed by atoms with Crippen molar-refractivity contribution in [3.8, 4) is 0 Å². The first-order valence-corrected chi connectivity index (χ1v) is 7.63. The van der Waals surface area contributed by atoms with Crippen molar-refractivity contribution < 1.29 is 4.79 Å². The van der Waals surface area contributed by atoms with Crippen LogP contribution >= 0.6 is 0 Å². The summed E-state index contributed by atoms with van der Waals surface area (Å²) in [6.45, 7) is 2.81. The Morgan fingerprint density at radius 2 is 1.74 bits per heavy atom. The molecular formula is C17H23NO. The van der Waals surface area contributed by atoms with Gasteiger partial charge in [-0.25, -0.2) is 0 Å². The van der Waals surface area contributed by atoms with Gasteiger partial charge in [-0.1, -0.05) is 12.8 Å². The van der Waals surface area contributed by atoms with Gasteiger partial charge in [0.05, 0.1) is 0 Å². The third kappa shape index (κ3) is 2.54. The Bertz CT molecular complexity index is 449. The van der Waals surface area contributed by atoms with Crippen LogP contribution in [0.1, 0.15) is 55.8 Å². The molecule has 0 amide bonds. The largest absolute Gasteiger partial charge is 0.368 e. The number of hydrogen-bond acceptors (Lipinski definition) is 2. The smallest absolute Gasteiger partial charge is 0.159 e. The fourth-order valence-electron chi connectivity index (χ4n) is 3.83. The van der Waals surface area contributed by atoms with Gasteiger partial charge in [0.25, 0.3) is 0 Å². The molecule has 19 heavy (non-hydrogen) atoms. The standard InChI is InChI=1S/C17H23NO/c1-13(19)14-8-10-16(11-9-14)18-12-4-6-15-5-2-3-7-17(15)18/h8-11,15,17H,2-7,12H2,1H3. The highest BCUT2D eigenvalue weighted by Crippen LogP contribution is 2.37. The second kappa shape index (κ2) is 5.36. The number of benzene rings is 1. The molecule has 0 aromatic heterocycles. The van der Waals surface area contributed by atoms with E-state index in [2.05, 4.69) is 17.0 Å². The second-order valence-electron chi connectivity index (χ2n) is 6.05. The number of anilines is 1. The number of Topliss-reactive ketones (excluding diaryl/α,β-unsaturated/α-hetero) is 1. The Labute approximate surface area is 115 Å². The molecular weight excluding hydrogens is 234 g/mol. The van der Waals surface area contributed by atoms with Gasteiger partial charge in [-0.2, -0.15) is 0 Å². The molecule has 2 unspecified atom stereocenters. The molecule has 3 rings (SSSR count). The van der Waals surface area contributed by atoms with Gasteiger partial charge >= 0.3 is 0 Å². The zero-order valence-corrected chi connectivity index (χ0v) is 11.8. The first-order valence-electron chi connectivity index (χ1n) is 7.63. The van der Waals surface area contributed by atoms with E-state index >= 15 is 0 Å². The van der Waals surface area contributed by atoms with Crippen LogP contribution in [0.4, 0.5) is 5.69 Å². The lowest BCUT2D eigenvalue weighted by Gasteiger charge is -2.45. The van der Waals surface area contributed by atoms with Crippen molar-refractivity contribution in [1.29, 1.82) is 0 Å². The Morgan fingerprint density at radius 3 is 2.47 bits per heavy atom.